The van der Waals surface area contributed by atoms with E-state index in [1.165, 1.54) is 5.69 Å². The molecule has 0 aliphatic rings. The standard InChI is InChI=1S/C13H21N5/c1-11(2)18-10-15-9-12(18)8-14-5-3-4-13-16-6-7-17-13/h6-7,9-11,14H,3-5,8H2,1-2H3,(H,16,17). The third-order valence-electron chi connectivity index (χ3n) is 2.93. The van der Waals surface area contributed by atoms with Crippen molar-refractivity contribution in [2.45, 2.75) is 39.3 Å². The molecule has 0 saturated carbocycles. The van der Waals surface area contributed by atoms with Crippen LogP contribution in [0.1, 0.15) is 37.8 Å². The zero-order valence-electron chi connectivity index (χ0n) is 11.1. The van der Waals surface area contributed by atoms with Gasteiger partial charge in [-0.3, -0.25) is 0 Å². The zero-order valence-corrected chi connectivity index (χ0v) is 11.1. The van der Waals surface area contributed by atoms with Gasteiger partial charge in [-0.05, 0) is 26.8 Å². The van der Waals surface area contributed by atoms with Gasteiger partial charge in [0.1, 0.15) is 5.82 Å². The molecule has 2 heterocycles. The Bertz CT molecular complexity index is 444. The molecule has 0 bridgehead atoms. The highest BCUT2D eigenvalue weighted by molar-refractivity contribution is 4.99. The predicted molar refractivity (Wildman–Crippen MR) is 71.2 cm³/mol. The number of aromatic nitrogens is 4. The fraction of sp³-hybridized carbons (Fsp3) is 0.538. The molecule has 2 rings (SSSR count). The summed E-state index contributed by atoms with van der Waals surface area (Å²) in [5.41, 5.74) is 1.24. The first-order valence-electron chi connectivity index (χ1n) is 6.47. The van der Waals surface area contributed by atoms with E-state index >= 15 is 0 Å². The number of aryl methyl sites for hydroxylation is 1. The van der Waals surface area contributed by atoms with Crippen molar-refractivity contribution < 1.29 is 0 Å². The van der Waals surface area contributed by atoms with Gasteiger partial charge in [-0.25, -0.2) is 9.97 Å². The van der Waals surface area contributed by atoms with Crippen LogP contribution in [0.2, 0.25) is 0 Å². The topological polar surface area (TPSA) is 58.5 Å². The molecule has 5 heteroatoms. The third-order valence-corrected chi connectivity index (χ3v) is 2.93. The average molecular weight is 247 g/mol. The Hall–Kier alpha value is -1.62. The highest BCUT2D eigenvalue weighted by Gasteiger charge is 2.04. The number of hydrogen-bond acceptors (Lipinski definition) is 3. The van der Waals surface area contributed by atoms with E-state index in [1.54, 1.807) is 6.20 Å². The normalized spacial score (nSPS) is 11.3. The van der Waals surface area contributed by atoms with Crippen LogP contribution in [0.25, 0.3) is 0 Å². The van der Waals surface area contributed by atoms with Crippen LogP contribution in [-0.2, 0) is 13.0 Å². The molecular formula is C13H21N5. The largest absolute Gasteiger partial charge is 0.349 e. The SMILES string of the molecule is CC(C)n1cncc1CNCCCc1ncc[nH]1. The number of imidazole rings is 2. The van der Waals surface area contributed by atoms with Crippen molar-refractivity contribution in [1.82, 2.24) is 24.8 Å². The van der Waals surface area contributed by atoms with Gasteiger partial charge in [0.25, 0.3) is 0 Å². The molecule has 18 heavy (non-hydrogen) atoms. The molecule has 0 aliphatic heterocycles. The Labute approximate surface area is 108 Å². The first-order chi connectivity index (χ1) is 8.77. The Balaban J connectivity index is 1.67. The molecule has 2 aromatic rings. The van der Waals surface area contributed by atoms with E-state index in [0.29, 0.717) is 6.04 Å². The summed E-state index contributed by atoms with van der Waals surface area (Å²) in [6, 6.07) is 0.465. The molecule has 5 nitrogen and oxygen atoms in total. The van der Waals surface area contributed by atoms with E-state index < -0.39 is 0 Å². The minimum Gasteiger partial charge on any atom is -0.349 e. The van der Waals surface area contributed by atoms with Crippen LogP contribution in [0.5, 0.6) is 0 Å². The second kappa shape index (κ2) is 6.35. The lowest BCUT2D eigenvalue weighted by Crippen LogP contribution is -2.18. The minimum absolute atomic E-state index is 0.465. The van der Waals surface area contributed by atoms with Crippen LogP contribution >= 0.6 is 0 Å². The molecule has 0 aromatic carbocycles. The molecular weight excluding hydrogens is 226 g/mol. The quantitative estimate of drug-likeness (QED) is 0.735. The van der Waals surface area contributed by atoms with Gasteiger partial charge in [-0.1, -0.05) is 0 Å². The summed E-state index contributed by atoms with van der Waals surface area (Å²) in [6.07, 6.45) is 9.56. The van der Waals surface area contributed by atoms with Crippen LogP contribution in [0, 0.1) is 0 Å². The van der Waals surface area contributed by atoms with Gasteiger partial charge >= 0.3 is 0 Å². The maximum atomic E-state index is 4.20. The maximum Gasteiger partial charge on any atom is 0.106 e. The molecule has 0 spiro atoms. The van der Waals surface area contributed by atoms with Crippen molar-refractivity contribution in [2.75, 3.05) is 6.54 Å². The van der Waals surface area contributed by atoms with E-state index in [4.69, 9.17) is 0 Å². The number of nitrogens with one attached hydrogen (secondary N) is 2. The monoisotopic (exact) mass is 247 g/mol. The minimum atomic E-state index is 0.465. The van der Waals surface area contributed by atoms with E-state index in [0.717, 1.165) is 31.8 Å². The van der Waals surface area contributed by atoms with Crippen molar-refractivity contribution in [2.24, 2.45) is 0 Å². The van der Waals surface area contributed by atoms with Crippen LogP contribution in [0.3, 0.4) is 0 Å². The smallest absolute Gasteiger partial charge is 0.106 e. The van der Waals surface area contributed by atoms with Crippen LogP contribution in [-0.4, -0.2) is 26.1 Å². The molecule has 2 aromatic heterocycles. The van der Waals surface area contributed by atoms with Gasteiger partial charge in [-0.2, -0.15) is 0 Å². The van der Waals surface area contributed by atoms with Crippen LogP contribution < -0.4 is 5.32 Å². The molecule has 0 aliphatic carbocycles. The van der Waals surface area contributed by atoms with E-state index in [-0.39, 0.29) is 0 Å². The summed E-state index contributed by atoms with van der Waals surface area (Å²) < 4.78 is 2.19. The number of hydrogen-bond donors (Lipinski definition) is 2. The van der Waals surface area contributed by atoms with Gasteiger partial charge < -0.3 is 14.9 Å². The van der Waals surface area contributed by atoms with Crippen LogP contribution in [0.15, 0.2) is 24.9 Å². The van der Waals surface area contributed by atoms with E-state index in [2.05, 4.69) is 38.7 Å². The number of rotatable bonds is 7. The van der Waals surface area contributed by atoms with Gasteiger partial charge in [0, 0.05) is 37.6 Å². The first-order valence-corrected chi connectivity index (χ1v) is 6.47. The van der Waals surface area contributed by atoms with Gasteiger partial charge in [0.05, 0.1) is 12.0 Å². The summed E-state index contributed by atoms with van der Waals surface area (Å²) in [7, 11) is 0. The molecule has 0 atom stereocenters. The van der Waals surface area contributed by atoms with Gasteiger partial charge in [0.2, 0.25) is 0 Å². The molecule has 0 saturated heterocycles. The second-order valence-corrected chi connectivity index (χ2v) is 4.70. The van der Waals surface area contributed by atoms with E-state index in [9.17, 15) is 0 Å². The predicted octanol–water partition coefficient (Wildman–Crippen LogP) is 1.91. The summed E-state index contributed by atoms with van der Waals surface area (Å²) in [4.78, 5) is 11.5. The Morgan fingerprint density at radius 2 is 2.33 bits per heavy atom. The Kier molecular flexibility index (Phi) is 4.52. The first kappa shape index (κ1) is 12.8. The maximum absolute atomic E-state index is 4.20. The lowest BCUT2D eigenvalue weighted by atomic mass is 10.3. The molecule has 2 N–H and O–H groups in total. The van der Waals surface area contributed by atoms with Crippen molar-refractivity contribution in [1.29, 1.82) is 0 Å². The molecule has 0 amide bonds. The van der Waals surface area contributed by atoms with Crippen LogP contribution in [0.4, 0.5) is 0 Å². The van der Waals surface area contributed by atoms with Crippen molar-refractivity contribution in [3.05, 3.63) is 36.4 Å². The molecule has 0 radical (unpaired) electrons. The fourth-order valence-electron chi connectivity index (χ4n) is 1.97. The van der Waals surface area contributed by atoms with E-state index in [1.807, 2.05) is 18.7 Å². The lowest BCUT2D eigenvalue weighted by Gasteiger charge is -2.12. The summed E-state index contributed by atoms with van der Waals surface area (Å²) in [5, 5.41) is 3.44. The highest BCUT2D eigenvalue weighted by atomic mass is 15.1. The second-order valence-electron chi connectivity index (χ2n) is 4.70. The lowest BCUT2D eigenvalue weighted by molar-refractivity contribution is 0.546. The molecule has 0 unspecified atom stereocenters. The zero-order chi connectivity index (χ0) is 12.8. The van der Waals surface area contributed by atoms with Crippen molar-refractivity contribution in [3.8, 4) is 0 Å². The number of nitrogens with zero attached hydrogens (tertiary/aromatic N) is 3. The summed E-state index contributed by atoms with van der Waals surface area (Å²) in [6.45, 7) is 6.20. The summed E-state index contributed by atoms with van der Waals surface area (Å²) >= 11 is 0. The summed E-state index contributed by atoms with van der Waals surface area (Å²) in [5.74, 6) is 1.06. The average Bonchev–Trinajstić information content (AvgIpc) is 2.98. The Morgan fingerprint density at radius 1 is 1.44 bits per heavy atom. The van der Waals surface area contributed by atoms with Gasteiger partial charge in [0.15, 0.2) is 0 Å². The van der Waals surface area contributed by atoms with Crippen molar-refractivity contribution in [3.63, 3.8) is 0 Å². The third kappa shape index (κ3) is 3.43. The number of aromatic amines is 1. The molecule has 98 valence electrons. The molecule has 0 fully saturated rings. The fourth-order valence-corrected chi connectivity index (χ4v) is 1.97. The number of H-pyrrole nitrogens is 1. The Morgan fingerprint density at radius 3 is 3.06 bits per heavy atom. The highest BCUT2D eigenvalue weighted by Crippen LogP contribution is 2.08. The van der Waals surface area contributed by atoms with Gasteiger partial charge in [-0.15, -0.1) is 0 Å². The van der Waals surface area contributed by atoms with Crippen molar-refractivity contribution >= 4 is 0 Å².